The molecular formula is C27H22BrClN2O5S. The molecule has 3 amide bonds. The number of carbonyl (C=O) groups is 3. The van der Waals surface area contributed by atoms with E-state index in [-0.39, 0.29) is 29.2 Å². The number of methoxy groups -OCH3 is 1. The van der Waals surface area contributed by atoms with Gasteiger partial charge in [0.15, 0.2) is 18.1 Å². The summed E-state index contributed by atoms with van der Waals surface area (Å²) in [6.07, 6.45) is 1.61. The molecule has 1 N–H and O–H groups in total. The zero-order valence-electron chi connectivity index (χ0n) is 19.9. The molecule has 0 atom stereocenters. The van der Waals surface area contributed by atoms with E-state index in [1.54, 1.807) is 48.5 Å². The third-order valence-electron chi connectivity index (χ3n) is 5.36. The maximum atomic E-state index is 13.0. The van der Waals surface area contributed by atoms with Gasteiger partial charge in [-0.3, -0.25) is 19.3 Å². The lowest BCUT2D eigenvalue weighted by Crippen LogP contribution is -2.27. The van der Waals surface area contributed by atoms with Crippen LogP contribution in [0.4, 0.5) is 10.5 Å². The maximum Gasteiger partial charge on any atom is 0.293 e. The topological polar surface area (TPSA) is 84.9 Å². The van der Waals surface area contributed by atoms with Crippen LogP contribution in [0, 0.1) is 6.92 Å². The molecule has 1 aliphatic heterocycles. The first-order chi connectivity index (χ1) is 17.7. The summed E-state index contributed by atoms with van der Waals surface area (Å²) in [5.41, 5.74) is 3.01. The smallest absolute Gasteiger partial charge is 0.293 e. The Balaban J connectivity index is 1.47. The van der Waals surface area contributed by atoms with Crippen molar-refractivity contribution in [2.24, 2.45) is 0 Å². The lowest BCUT2D eigenvalue weighted by Gasteiger charge is -2.14. The van der Waals surface area contributed by atoms with Crippen molar-refractivity contribution in [1.29, 1.82) is 0 Å². The van der Waals surface area contributed by atoms with Crippen LogP contribution in [0.2, 0.25) is 5.02 Å². The summed E-state index contributed by atoms with van der Waals surface area (Å²) in [6.45, 7) is 1.80. The fourth-order valence-electron chi connectivity index (χ4n) is 3.61. The van der Waals surface area contributed by atoms with E-state index in [0.29, 0.717) is 37.8 Å². The minimum atomic E-state index is -0.404. The molecule has 37 heavy (non-hydrogen) atoms. The molecule has 0 aliphatic carbocycles. The highest BCUT2D eigenvalue weighted by molar-refractivity contribution is 9.10. The van der Waals surface area contributed by atoms with E-state index in [9.17, 15) is 14.4 Å². The van der Waals surface area contributed by atoms with E-state index in [2.05, 4.69) is 21.2 Å². The van der Waals surface area contributed by atoms with Crippen molar-refractivity contribution in [2.45, 2.75) is 13.5 Å². The zero-order chi connectivity index (χ0) is 26.5. The molecular weight excluding hydrogens is 580 g/mol. The predicted octanol–water partition coefficient (Wildman–Crippen LogP) is 6.67. The summed E-state index contributed by atoms with van der Waals surface area (Å²) in [7, 11) is 1.47. The Labute approximate surface area is 231 Å². The SMILES string of the molecule is COc1cc(/C=C2\SC(=O)N(Cc3ccccc3Cl)C2=O)cc(Br)c1OCC(=O)Nc1cccc(C)c1. The monoisotopic (exact) mass is 600 g/mol. The number of halogens is 2. The molecule has 0 unspecified atom stereocenters. The average Bonchev–Trinajstić information content (AvgIpc) is 3.11. The molecule has 190 valence electrons. The number of thioether (sulfide) groups is 1. The summed E-state index contributed by atoms with van der Waals surface area (Å²) in [4.78, 5) is 39.3. The largest absolute Gasteiger partial charge is 0.493 e. The van der Waals surface area contributed by atoms with Crippen LogP contribution >= 0.6 is 39.3 Å². The molecule has 7 nitrogen and oxygen atoms in total. The third-order valence-corrected chi connectivity index (χ3v) is 7.22. The van der Waals surface area contributed by atoms with Gasteiger partial charge in [0.1, 0.15) is 0 Å². The van der Waals surface area contributed by atoms with Gasteiger partial charge in [-0.2, -0.15) is 0 Å². The summed E-state index contributed by atoms with van der Waals surface area (Å²) in [6, 6.07) is 17.9. The Bertz CT molecular complexity index is 1410. The Morgan fingerprint density at radius 3 is 2.65 bits per heavy atom. The van der Waals surface area contributed by atoms with Gasteiger partial charge in [0.25, 0.3) is 17.1 Å². The maximum absolute atomic E-state index is 13.0. The highest BCUT2D eigenvalue weighted by atomic mass is 79.9. The molecule has 0 saturated carbocycles. The van der Waals surface area contributed by atoms with Crippen LogP contribution in [0.1, 0.15) is 16.7 Å². The second-order valence-corrected chi connectivity index (χ2v) is 10.4. The number of anilines is 1. The third kappa shape index (κ3) is 6.54. The van der Waals surface area contributed by atoms with E-state index in [0.717, 1.165) is 22.2 Å². The highest BCUT2D eigenvalue weighted by Crippen LogP contribution is 2.39. The van der Waals surface area contributed by atoms with Crippen molar-refractivity contribution in [3.63, 3.8) is 0 Å². The molecule has 1 saturated heterocycles. The number of aryl methyl sites for hydroxylation is 1. The first-order valence-electron chi connectivity index (χ1n) is 11.1. The molecule has 1 aliphatic rings. The van der Waals surface area contributed by atoms with Gasteiger partial charge in [0.2, 0.25) is 0 Å². The van der Waals surface area contributed by atoms with E-state index in [1.165, 1.54) is 7.11 Å². The van der Waals surface area contributed by atoms with Crippen LogP contribution in [0.3, 0.4) is 0 Å². The van der Waals surface area contributed by atoms with Crippen molar-refractivity contribution < 1.29 is 23.9 Å². The molecule has 1 heterocycles. The number of nitrogens with one attached hydrogen (secondary N) is 1. The van der Waals surface area contributed by atoms with E-state index >= 15 is 0 Å². The summed E-state index contributed by atoms with van der Waals surface area (Å²) in [5, 5.41) is 2.90. The van der Waals surface area contributed by atoms with Gasteiger partial charge in [-0.15, -0.1) is 0 Å². The number of carbonyl (C=O) groups excluding carboxylic acids is 3. The quantitative estimate of drug-likeness (QED) is 0.290. The number of ether oxygens (including phenoxy) is 2. The zero-order valence-corrected chi connectivity index (χ0v) is 23.1. The second-order valence-electron chi connectivity index (χ2n) is 8.10. The minimum absolute atomic E-state index is 0.0894. The lowest BCUT2D eigenvalue weighted by molar-refractivity contribution is -0.123. The van der Waals surface area contributed by atoms with Crippen molar-refractivity contribution in [3.8, 4) is 11.5 Å². The number of nitrogens with zero attached hydrogens (tertiary/aromatic N) is 1. The molecule has 0 aromatic heterocycles. The van der Waals surface area contributed by atoms with Crippen LogP contribution in [-0.2, 0) is 16.1 Å². The van der Waals surface area contributed by atoms with Crippen LogP contribution in [0.25, 0.3) is 6.08 Å². The first-order valence-corrected chi connectivity index (χ1v) is 13.1. The Morgan fingerprint density at radius 2 is 1.92 bits per heavy atom. The number of benzene rings is 3. The van der Waals surface area contributed by atoms with Crippen molar-refractivity contribution in [2.75, 3.05) is 19.0 Å². The second kappa shape index (κ2) is 11.9. The van der Waals surface area contributed by atoms with Gasteiger partial charge >= 0.3 is 0 Å². The normalized spacial score (nSPS) is 14.3. The van der Waals surface area contributed by atoms with Gasteiger partial charge in [-0.05, 0) is 87.7 Å². The summed E-state index contributed by atoms with van der Waals surface area (Å²) >= 11 is 10.5. The summed E-state index contributed by atoms with van der Waals surface area (Å²) < 4.78 is 11.7. The van der Waals surface area contributed by atoms with Gasteiger partial charge in [0, 0.05) is 10.7 Å². The predicted molar refractivity (Wildman–Crippen MR) is 149 cm³/mol. The molecule has 0 bridgehead atoms. The van der Waals surface area contributed by atoms with Gasteiger partial charge in [-0.1, -0.05) is 41.9 Å². The first kappa shape index (κ1) is 26.8. The molecule has 10 heteroatoms. The molecule has 4 rings (SSSR count). The number of hydrogen-bond donors (Lipinski definition) is 1. The van der Waals surface area contributed by atoms with Crippen molar-refractivity contribution in [1.82, 2.24) is 4.90 Å². The van der Waals surface area contributed by atoms with Crippen LogP contribution < -0.4 is 14.8 Å². The van der Waals surface area contributed by atoms with Crippen molar-refractivity contribution >= 4 is 68.1 Å². The van der Waals surface area contributed by atoms with Crippen LogP contribution in [0.15, 0.2) is 70.0 Å². The van der Waals surface area contributed by atoms with Crippen molar-refractivity contribution in [3.05, 3.63) is 91.8 Å². The standard InChI is InChI=1S/C27H22BrClN2O5S/c1-16-6-5-8-19(10-16)30-24(32)15-36-25-20(28)11-17(12-22(25)35-2)13-23-26(33)31(27(34)37-23)14-18-7-3-4-9-21(18)29/h3-13H,14-15H2,1-2H3,(H,30,32)/b23-13-. The molecule has 0 radical (unpaired) electrons. The van der Waals surface area contributed by atoms with E-state index < -0.39 is 5.91 Å². The molecule has 1 fully saturated rings. The minimum Gasteiger partial charge on any atom is -0.493 e. The van der Waals surface area contributed by atoms with Crippen LogP contribution in [0.5, 0.6) is 11.5 Å². The molecule has 0 spiro atoms. The highest BCUT2D eigenvalue weighted by Gasteiger charge is 2.35. The number of amides is 3. The van der Waals surface area contributed by atoms with E-state index in [4.69, 9.17) is 21.1 Å². The summed E-state index contributed by atoms with van der Waals surface area (Å²) in [5.74, 6) is -0.0286. The van der Waals surface area contributed by atoms with Gasteiger partial charge in [-0.25, -0.2) is 0 Å². The Morgan fingerprint density at radius 1 is 1.14 bits per heavy atom. The Kier molecular flexibility index (Phi) is 8.58. The van der Waals surface area contributed by atoms with Gasteiger partial charge in [0.05, 0.1) is 23.0 Å². The lowest BCUT2D eigenvalue weighted by atomic mass is 10.1. The van der Waals surface area contributed by atoms with Gasteiger partial charge < -0.3 is 14.8 Å². The van der Waals surface area contributed by atoms with Crippen LogP contribution in [-0.4, -0.2) is 35.7 Å². The fourth-order valence-corrected chi connectivity index (χ4v) is 5.21. The van der Waals surface area contributed by atoms with E-state index in [1.807, 2.05) is 25.1 Å². The number of rotatable bonds is 8. The molecule has 3 aromatic carbocycles. The number of imide groups is 1. The fraction of sp³-hybridized carbons (Fsp3) is 0.148. The molecule has 3 aromatic rings. The average molecular weight is 602 g/mol. The Hall–Kier alpha value is -3.27. The number of hydrogen-bond acceptors (Lipinski definition) is 6.